The molecular weight excluding hydrogens is 550 g/mol. The molecule has 0 heterocycles. The molecule has 2 atom stereocenters. The molecule has 10 nitrogen and oxygen atoms in total. The largest absolute Gasteiger partial charge is 0.458 e. The number of rotatable bonds is 10. The SMILES string of the molecule is CC(C)C[C@H](NC(=O)N[C@@H](CNC(=O)OCC1c2ccccc2-c2ccccc21)C(=O)OC(C)(C)C)C(=O)OC(C)(C)C. The number of fused-ring (bicyclic) bond motifs is 3. The summed E-state index contributed by atoms with van der Waals surface area (Å²) in [6, 6.07) is 13.0. The minimum atomic E-state index is -1.25. The van der Waals surface area contributed by atoms with Crippen LogP contribution in [0, 0.1) is 5.92 Å². The van der Waals surface area contributed by atoms with Crippen LogP contribution in [-0.4, -0.2) is 60.5 Å². The number of carbonyl (C=O) groups excluding carboxylic acids is 4. The highest BCUT2D eigenvalue weighted by atomic mass is 16.6. The number of urea groups is 1. The Hall–Kier alpha value is -4.08. The first-order chi connectivity index (χ1) is 20.0. The van der Waals surface area contributed by atoms with E-state index in [4.69, 9.17) is 14.2 Å². The summed E-state index contributed by atoms with van der Waals surface area (Å²) in [7, 11) is 0. The summed E-state index contributed by atoms with van der Waals surface area (Å²) >= 11 is 0. The molecule has 0 aliphatic heterocycles. The predicted octanol–water partition coefficient (Wildman–Crippen LogP) is 5.29. The van der Waals surface area contributed by atoms with Gasteiger partial charge < -0.3 is 30.2 Å². The zero-order valence-corrected chi connectivity index (χ0v) is 26.4. The van der Waals surface area contributed by atoms with Gasteiger partial charge >= 0.3 is 24.1 Å². The minimum absolute atomic E-state index is 0.0784. The lowest BCUT2D eigenvalue weighted by Crippen LogP contribution is -2.56. The van der Waals surface area contributed by atoms with Gasteiger partial charge in [0.15, 0.2) is 0 Å². The average molecular weight is 596 g/mol. The summed E-state index contributed by atoms with van der Waals surface area (Å²) in [5.74, 6) is -1.38. The average Bonchev–Trinajstić information content (AvgIpc) is 3.21. The Balaban J connectivity index is 1.65. The first kappa shape index (κ1) is 33.4. The van der Waals surface area contributed by atoms with Crippen molar-refractivity contribution in [1.29, 1.82) is 0 Å². The van der Waals surface area contributed by atoms with Gasteiger partial charge in [-0.05, 0) is 76.1 Å². The van der Waals surface area contributed by atoms with E-state index >= 15 is 0 Å². The second-order valence-corrected chi connectivity index (χ2v) is 13.1. The molecule has 0 saturated heterocycles. The van der Waals surface area contributed by atoms with Crippen LogP contribution in [0.3, 0.4) is 0 Å². The van der Waals surface area contributed by atoms with E-state index in [0.717, 1.165) is 22.3 Å². The van der Waals surface area contributed by atoms with E-state index in [1.54, 1.807) is 41.5 Å². The molecule has 3 amide bonds. The lowest BCUT2D eigenvalue weighted by atomic mass is 9.98. The maximum absolute atomic E-state index is 13.0. The molecule has 3 N–H and O–H groups in total. The molecule has 1 aliphatic carbocycles. The van der Waals surface area contributed by atoms with Crippen molar-refractivity contribution in [2.24, 2.45) is 5.92 Å². The molecular formula is C33H45N3O7. The number of alkyl carbamates (subject to hydrolysis) is 1. The second-order valence-electron chi connectivity index (χ2n) is 13.1. The van der Waals surface area contributed by atoms with E-state index in [0.29, 0.717) is 6.42 Å². The molecule has 0 saturated carbocycles. The number of hydrogen-bond acceptors (Lipinski definition) is 7. The van der Waals surface area contributed by atoms with Crippen LogP contribution < -0.4 is 16.0 Å². The summed E-state index contributed by atoms with van der Waals surface area (Å²) in [4.78, 5) is 51.5. The summed E-state index contributed by atoms with van der Waals surface area (Å²) in [6.07, 6.45) is -0.415. The van der Waals surface area contributed by atoms with Crippen molar-refractivity contribution in [3.8, 4) is 11.1 Å². The van der Waals surface area contributed by atoms with Gasteiger partial charge in [-0.2, -0.15) is 0 Å². The van der Waals surface area contributed by atoms with Crippen molar-refractivity contribution in [2.45, 2.75) is 91.0 Å². The fourth-order valence-corrected chi connectivity index (χ4v) is 4.82. The first-order valence-corrected chi connectivity index (χ1v) is 14.7. The van der Waals surface area contributed by atoms with Crippen molar-refractivity contribution in [2.75, 3.05) is 13.2 Å². The van der Waals surface area contributed by atoms with Gasteiger partial charge in [0.05, 0.1) is 6.54 Å². The molecule has 0 unspecified atom stereocenters. The monoisotopic (exact) mass is 595 g/mol. The number of ether oxygens (including phenoxy) is 3. The van der Waals surface area contributed by atoms with Gasteiger partial charge in [0.25, 0.3) is 0 Å². The van der Waals surface area contributed by atoms with Crippen LogP contribution >= 0.6 is 0 Å². The molecule has 3 rings (SSSR count). The van der Waals surface area contributed by atoms with Crippen LogP contribution in [0.5, 0.6) is 0 Å². The number of benzene rings is 2. The summed E-state index contributed by atoms with van der Waals surface area (Å²) in [5.41, 5.74) is 2.78. The molecule has 43 heavy (non-hydrogen) atoms. The molecule has 234 valence electrons. The summed E-state index contributed by atoms with van der Waals surface area (Å²) in [5, 5.41) is 7.72. The number of hydrogen-bond donors (Lipinski definition) is 3. The summed E-state index contributed by atoms with van der Waals surface area (Å²) in [6.45, 7) is 13.9. The normalized spacial score (nSPS) is 14.2. The quantitative estimate of drug-likeness (QED) is 0.251. The van der Waals surface area contributed by atoms with Crippen molar-refractivity contribution < 1.29 is 33.4 Å². The molecule has 0 fully saturated rings. The third-order valence-corrected chi connectivity index (χ3v) is 6.49. The third kappa shape index (κ3) is 10.0. The highest BCUT2D eigenvalue weighted by molar-refractivity contribution is 5.88. The van der Waals surface area contributed by atoms with Gasteiger partial charge in [-0.25, -0.2) is 19.2 Å². The Morgan fingerprint density at radius 2 is 1.21 bits per heavy atom. The third-order valence-electron chi connectivity index (χ3n) is 6.49. The Labute approximate surface area is 254 Å². The smallest absolute Gasteiger partial charge is 0.407 e. The molecule has 2 aromatic rings. The zero-order valence-electron chi connectivity index (χ0n) is 26.4. The fourth-order valence-electron chi connectivity index (χ4n) is 4.82. The van der Waals surface area contributed by atoms with Gasteiger partial charge in [-0.1, -0.05) is 62.4 Å². The predicted molar refractivity (Wildman–Crippen MR) is 163 cm³/mol. The molecule has 0 aromatic heterocycles. The van der Waals surface area contributed by atoms with Gasteiger partial charge in [0.2, 0.25) is 0 Å². The van der Waals surface area contributed by atoms with Crippen molar-refractivity contribution in [1.82, 2.24) is 16.0 Å². The van der Waals surface area contributed by atoms with E-state index in [9.17, 15) is 19.2 Å². The lowest BCUT2D eigenvalue weighted by molar-refractivity contribution is -0.157. The summed E-state index contributed by atoms with van der Waals surface area (Å²) < 4.78 is 16.5. The Kier molecular flexibility index (Phi) is 10.8. The van der Waals surface area contributed by atoms with E-state index in [2.05, 4.69) is 16.0 Å². The standard InChI is InChI=1S/C33H45N3O7/c1-20(2)17-26(28(37)42-32(3,4)5)35-30(39)36-27(29(38)43-33(6,7)8)18-34-31(40)41-19-25-23-15-11-9-13-21(23)22-14-10-12-16-24(22)25/h9-16,20,25-27H,17-19H2,1-8H3,(H,34,40)(H2,35,36,39)/t26-,27-/m0/s1. The fraction of sp³-hybridized carbons (Fsp3) is 0.515. The highest BCUT2D eigenvalue weighted by Crippen LogP contribution is 2.44. The molecule has 10 heteroatoms. The van der Waals surface area contributed by atoms with Crippen LogP contribution in [-0.2, 0) is 23.8 Å². The lowest BCUT2D eigenvalue weighted by Gasteiger charge is -2.27. The van der Waals surface area contributed by atoms with Crippen LogP contribution in [0.25, 0.3) is 11.1 Å². The second kappa shape index (κ2) is 13.9. The number of carbonyl (C=O) groups is 4. The number of amides is 3. The molecule has 0 spiro atoms. The van der Waals surface area contributed by atoms with Crippen molar-refractivity contribution in [3.63, 3.8) is 0 Å². The molecule has 2 aromatic carbocycles. The van der Waals surface area contributed by atoms with Crippen LogP contribution in [0.2, 0.25) is 0 Å². The van der Waals surface area contributed by atoms with Crippen LogP contribution in [0.1, 0.15) is 78.9 Å². The van der Waals surface area contributed by atoms with Crippen molar-refractivity contribution >= 4 is 24.1 Å². The highest BCUT2D eigenvalue weighted by Gasteiger charge is 2.32. The first-order valence-electron chi connectivity index (χ1n) is 14.7. The van der Waals surface area contributed by atoms with Gasteiger partial charge in [-0.15, -0.1) is 0 Å². The minimum Gasteiger partial charge on any atom is -0.458 e. The van der Waals surface area contributed by atoms with Crippen LogP contribution in [0.15, 0.2) is 48.5 Å². The van der Waals surface area contributed by atoms with E-state index in [1.165, 1.54) is 0 Å². The maximum atomic E-state index is 13.0. The molecule has 0 radical (unpaired) electrons. The van der Waals surface area contributed by atoms with E-state index in [1.807, 2.05) is 62.4 Å². The number of nitrogens with one attached hydrogen (secondary N) is 3. The Morgan fingerprint density at radius 1 is 0.744 bits per heavy atom. The van der Waals surface area contributed by atoms with Gasteiger partial charge in [0, 0.05) is 5.92 Å². The topological polar surface area (TPSA) is 132 Å². The maximum Gasteiger partial charge on any atom is 0.407 e. The van der Waals surface area contributed by atoms with Gasteiger partial charge in [0.1, 0.15) is 29.9 Å². The van der Waals surface area contributed by atoms with E-state index < -0.39 is 47.3 Å². The zero-order chi connectivity index (χ0) is 31.9. The van der Waals surface area contributed by atoms with Gasteiger partial charge in [-0.3, -0.25) is 0 Å². The van der Waals surface area contributed by atoms with E-state index in [-0.39, 0.29) is 25.0 Å². The van der Waals surface area contributed by atoms with Crippen molar-refractivity contribution in [3.05, 3.63) is 59.7 Å². The number of esters is 2. The Morgan fingerprint density at radius 3 is 1.70 bits per heavy atom. The van der Waals surface area contributed by atoms with Crippen LogP contribution in [0.4, 0.5) is 9.59 Å². The molecule has 0 bridgehead atoms. The molecule has 1 aliphatic rings. The Bertz CT molecular complexity index is 1260.